The minimum absolute atomic E-state index is 0.0452. The Labute approximate surface area is 208 Å². The highest BCUT2D eigenvalue weighted by Crippen LogP contribution is 2.31. The minimum Gasteiger partial charge on any atom is -0.481 e. The maximum Gasteiger partial charge on any atom is 0.305 e. The number of aliphatic hydroxyl groups is 2. The molecule has 0 radical (unpaired) electrons. The number of hydrogen-bond acceptors (Lipinski definition) is 8. The van der Waals surface area contributed by atoms with Gasteiger partial charge in [-0.3, -0.25) is 4.79 Å². The molecule has 9 nitrogen and oxygen atoms in total. The Hall–Kier alpha value is -3.89. The summed E-state index contributed by atoms with van der Waals surface area (Å²) >= 11 is 0. The molecule has 0 aliphatic carbocycles. The number of methoxy groups -OCH3 is 1. The lowest BCUT2D eigenvalue weighted by atomic mass is 9.97. The summed E-state index contributed by atoms with van der Waals surface area (Å²) in [5.74, 6) is -0.818. The van der Waals surface area contributed by atoms with Crippen molar-refractivity contribution in [1.82, 2.24) is 15.0 Å². The number of rotatable bonds is 11. The fraction of sp³-hybridized carbons (Fsp3) is 0.308. The second-order valence-corrected chi connectivity index (χ2v) is 8.48. The maximum absolute atomic E-state index is 13.6. The van der Waals surface area contributed by atoms with Crippen LogP contribution in [0.3, 0.4) is 0 Å². The first-order valence-electron chi connectivity index (χ1n) is 11.4. The second-order valence-electron chi connectivity index (χ2n) is 8.48. The number of benzene rings is 1. The van der Waals surface area contributed by atoms with Crippen molar-refractivity contribution < 1.29 is 29.2 Å². The van der Waals surface area contributed by atoms with E-state index in [1.165, 1.54) is 25.3 Å². The summed E-state index contributed by atoms with van der Waals surface area (Å²) in [6.07, 6.45) is 1.80. The summed E-state index contributed by atoms with van der Waals surface area (Å²) in [5, 5.41) is 32.2. The van der Waals surface area contributed by atoms with Gasteiger partial charge in [0.25, 0.3) is 0 Å². The normalized spacial score (nSPS) is 13.1. The van der Waals surface area contributed by atoms with Crippen molar-refractivity contribution in [3.63, 3.8) is 0 Å². The molecule has 1 aromatic carbocycles. The van der Waals surface area contributed by atoms with Gasteiger partial charge in [-0.25, -0.2) is 19.3 Å². The van der Waals surface area contributed by atoms with Crippen molar-refractivity contribution in [1.29, 1.82) is 0 Å². The zero-order chi connectivity index (χ0) is 26.2. The van der Waals surface area contributed by atoms with Crippen LogP contribution in [-0.4, -0.2) is 55.6 Å². The molecule has 0 aliphatic rings. The van der Waals surface area contributed by atoms with E-state index in [2.05, 4.69) is 20.3 Å². The lowest BCUT2D eigenvalue weighted by molar-refractivity contribution is -0.139. The number of aromatic nitrogens is 3. The van der Waals surface area contributed by atoms with E-state index in [1.54, 1.807) is 36.5 Å². The van der Waals surface area contributed by atoms with Gasteiger partial charge in [0, 0.05) is 23.6 Å². The molecule has 2 aromatic heterocycles. The quantitative estimate of drug-likeness (QED) is 0.308. The molecule has 190 valence electrons. The van der Waals surface area contributed by atoms with Gasteiger partial charge in [0.05, 0.1) is 49.0 Å². The summed E-state index contributed by atoms with van der Waals surface area (Å²) < 4.78 is 18.7. The first-order valence-corrected chi connectivity index (χ1v) is 11.4. The highest BCUT2D eigenvalue weighted by atomic mass is 19.1. The number of anilines is 2. The number of hydrogen-bond donors (Lipinski definition) is 4. The molecule has 2 heterocycles. The predicted octanol–water partition coefficient (Wildman–Crippen LogP) is 4.15. The zero-order valence-corrected chi connectivity index (χ0v) is 20.2. The van der Waals surface area contributed by atoms with E-state index < -0.39 is 24.6 Å². The smallest absolute Gasteiger partial charge is 0.305 e. The molecule has 0 unspecified atom stereocenters. The number of carboxylic acids is 1. The number of ether oxygens (including phenoxy) is 1. The average molecular weight is 497 g/mol. The number of halogens is 1. The summed E-state index contributed by atoms with van der Waals surface area (Å²) in [5.41, 5.74) is 3.06. The van der Waals surface area contributed by atoms with Crippen LogP contribution in [0.4, 0.5) is 16.0 Å². The molecule has 0 amide bonds. The largest absolute Gasteiger partial charge is 0.481 e. The molecule has 0 spiro atoms. The van der Waals surface area contributed by atoms with Crippen molar-refractivity contribution >= 4 is 23.7 Å². The van der Waals surface area contributed by atoms with Crippen molar-refractivity contribution in [3.8, 4) is 17.1 Å². The second kappa shape index (κ2) is 12.2. The number of pyridine rings is 1. The van der Waals surface area contributed by atoms with E-state index in [4.69, 9.17) is 9.84 Å². The molecule has 0 aliphatic heterocycles. The third-order valence-corrected chi connectivity index (χ3v) is 5.25. The van der Waals surface area contributed by atoms with Gasteiger partial charge in [0.2, 0.25) is 11.8 Å². The lowest BCUT2D eigenvalue weighted by Gasteiger charge is -2.17. The third kappa shape index (κ3) is 7.30. The Kier molecular flexibility index (Phi) is 9.04. The van der Waals surface area contributed by atoms with Gasteiger partial charge >= 0.3 is 5.97 Å². The fourth-order valence-electron chi connectivity index (χ4n) is 3.53. The van der Waals surface area contributed by atoms with Gasteiger partial charge in [-0.1, -0.05) is 26.0 Å². The number of aliphatic carboxylic acids is 1. The molecule has 0 bridgehead atoms. The number of aliphatic hydroxyl groups excluding tert-OH is 2. The Balaban J connectivity index is 2.02. The SMILES string of the molecule is COc1ccc(Nc2nc(-c3ccc(F)cc3)c(/C=C/[C@@H](O)C[C@@H](O)CC(=O)O)c(C(C)C)n2)cn1. The van der Waals surface area contributed by atoms with Crippen LogP contribution in [0.1, 0.15) is 43.9 Å². The number of nitrogens with one attached hydrogen (secondary N) is 1. The van der Waals surface area contributed by atoms with Crippen molar-refractivity contribution in [2.24, 2.45) is 0 Å². The standard InChI is InChI=1S/C26H29FN4O5/c1-15(2)24-21(10-9-19(32)12-20(33)13-23(34)35)25(16-4-6-17(27)7-5-16)31-26(30-24)29-18-8-11-22(36-3)28-14-18/h4-11,14-15,19-20,32-33H,12-13H2,1-3H3,(H,34,35)(H,29,30,31)/b10-9+/t19-,20-/m1/s1. The molecule has 0 fully saturated rings. The van der Waals surface area contributed by atoms with Gasteiger partial charge in [-0.2, -0.15) is 0 Å². The first kappa shape index (κ1) is 26.7. The van der Waals surface area contributed by atoms with Crippen LogP contribution in [-0.2, 0) is 4.79 Å². The van der Waals surface area contributed by atoms with Crippen LogP contribution in [0.2, 0.25) is 0 Å². The van der Waals surface area contributed by atoms with Gasteiger partial charge in [-0.05, 0) is 36.2 Å². The minimum atomic E-state index is -1.19. The van der Waals surface area contributed by atoms with Crippen LogP contribution in [0, 0.1) is 5.82 Å². The summed E-state index contributed by atoms with van der Waals surface area (Å²) in [6.45, 7) is 3.92. The van der Waals surface area contributed by atoms with E-state index in [0.29, 0.717) is 40.0 Å². The van der Waals surface area contributed by atoms with E-state index in [9.17, 15) is 19.4 Å². The Bertz CT molecular complexity index is 1200. The Morgan fingerprint density at radius 2 is 1.86 bits per heavy atom. The average Bonchev–Trinajstić information content (AvgIpc) is 2.83. The Morgan fingerprint density at radius 3 is 2.44 bits per heavy atom. The topological polar surface area (TPSA) is 138 Å². The molecule has 3 aromatic rings. The molecule has 36 heavy (non-hydrogen) atoms. The van der Waals surface area contributed by atoms with Crippen LogP contribution < -0.4 is 10.1 Å². The van der Waals surface area contributed by atoms with Gasteiger partial charge in [-0.15, -0.1) is 0 Å². The maximum atomic E-state index is 13.6. The zero-order valence-electron chi connectivity index (χ0n) is 20.2. The highest BCUT2D eigenvalue weighted by Gasteiger charge is 2.19. The van der Waals surface area contributed by atoms with Gasteiger partial charge in [0.1, 0.15) is 5.82 Å². The number of carbonyl (C=O) groups is 1. The first-order chi connectivity index (χ1) is 17.2. The number of carboxylic acid groups (broad SMARTS) is 1. The molecule has 2 atom stereocenters. The summed E-state index contributed by atoms with van der Waals surface area (Å²) in [6, 6.07) is 9.34. The predicted molar refractivity (Wildman–Crippen MR) is 134 cm³/mol. The highest BCUT2D eigenvalue weighted by molar-refractivity contribution is 5.75. The molecular weight excluding hydrogens is 467 g/mol. The van der Waals surface area contributed by atoms with Crippen molar-refractivity contribution in [3.05, 3.63) is 65.7 Å². The lowest BCUT2D eigenvalue weighted by Crippen LogP contribution is -2.19. The van der Waals surface area contributed by atoms with E-state index in [1.807, 2.05) is 13.8 Å². The van der Waals surface area contributed by atoms with Crippen LogP contribution in [0.15, 0.2) is 48.7 Å². The van der Waals surface area contributed by atoms with Crippen LogP contribution >= 0.6 is 0 Å². The number of nitrogens with zero attached hydrogens (tertiary/aromatic N) is 3. The molecule has 4 N–H and O–H groups in total. The van der Waals surface area contributed by atoms with Gasteiger partial charge < -0.3 is 25.4 Å². The molecule has 0 saturated heterocycles. The summed E-state index contributed by atoms with van der Waals surface area (Å²) in [7, 11) is 1.53. The fourth-order valence-corrected chi connectivity index (χ4v) is 3.53. The molecular formula is C26H29FN4O5. The van der Waals surface area contributed by atoms with E-state index in [0.717, 1.165) is 0 Å². The van der Waals surface area contributed by atoms with Crippen LogP contribution in [0.5, 0.6) is 5.88 Å². The van der Waals surface area contributed by atoms with Crippen LogP contribution in [0.25, 0.3) is 17.3 Å². The monoisotopic (exact) mass is 496 g/mol. The third-order valence-electron chi connectivity index (χ3n) is 5.25. The Morgan fingerprint density at radius 1 is 1.14 bits per heavy atom. The van der Waals surface area contributed by atoms with E-state index in [-0.39, 0.29) is 18.2 Å². The molecule has 10 heteroatoms. The van der Waals surface area contributed by atoms with Crippen molar-refractivity contribution in [2.75, 3.05) is 12.4 Å². The van der Waals surface area contributed by atoms with Crippen molar-refractivity contribution in [2.45, 2.75) is 44.8 Å². The van der Waals surface area contributed by atoms with Gasteiger partial charge in [0.15, 0.2) is 0 Å². The molecule has 3 rings (SSSR count). The summed E-state index contributed by atoms with van der Waals surface area (Å²) in [4.78, 5) is 24.3. The van der Waals surface area contributed by atoms with E-state index >= 15 is 0 Å². The molecule has 0 saturated carbocycles.